The number of benzene rings is 6. The fourth-order valence-corrected chi connectivity index (χ4v) is 19.0. The highest BCUT2D eigenvalue weighted by Gasteiger charge is 2.57. The van der Waals surface area contributed by atoms with Crippen molar-refractivity contribution >= 4 is 45.9 Å². The molecular formula is C48H54NO12P2+. The molecule has 0 N–H and O–H groups in total. The van der Waals surface area contributed by atoms with E-state index < -0.39 is 14.1 Å². The number of rotatable bonds is 18. The third-order valence-corrected chi connectivity index (χ3v) is 19.3. The molecule has 0 aliphatic rings. The zero-order valence-electron chi connectivity index (χ0n) is 37.6. The summed E-state index contributed by atoms with van der Waals surface area (Å²) in [5.74, 6) is 5.13. The topological polar surface area (TPSA) is 125 Å². The van der Waals surface area contributed by atoms with Gasteiger partial charge in [0.2, 0.25) is 0 Å². The minimum Gasteiger partial charge on any atom is -0.496 e. The van der Waals surface area contributed by atoms with Crippen LogP contribution < -0.4 is 92.8 Å². The molecule has 0 fully saturated rings. The van der Waals surface area contributed by atoms with Crippen molar-refractivity contribution in [1.29, 1.82) is 0 Å². The molecule has 6 rings (SSSR count). The molecule has 0 aromatic heterocycles. The van der Waals surface area contributed by atoms with Gasteiger partial charge in [0.05, 0.1) is 85.3 Å². The maximum atomic E-state index is 6.73. The first-order chi connectivity index (χ1) is 30.7. The van der Waals surface area contributed by atoms with Crippen molar-refractivity contribution in [2.45, 2.75) is 0 Å². The Morgan fingerprint density at radius 2 is 0.333 bits per heavy atom. The SMILES string of the molecule is COc1cccc(OC)c1P(=[N+]=P(c1c(OC)cccc1OC)(c1c(OC)cccc1OC)c1c(OC)cccc1OC)(c1c(OC)cccc1OC)c1c(OC)cccc1OC. The smallest absolute Gasteiger partial charge is 0.323 e. The molecule has 0 saturated heterocycles. The molecule has 13 nitrogen and oxygen atoms in total. The summed E-state index contributed by atoms with van der Waals surface area (Å²) in [5, 5.41) is 3.18. The molecule has 0 bridgehead atoms. The van der Waals surface area contributed by atoms with Gasteiger partial charge in [0, 0.05) is 0 Å². The first-order valence-corrected chi connectivity index (χ1v) is 23.0. The number of nitrogens with zero attached hydrogens (tertiary/aromatic N) is 1. The van der Waals surface area contributed by atoms with Gasteiger partial charge >= 0.3 is 14.1 Å². The lowest BCUT2D eigenvalue weighted by atomic mass is 10.3. The highest BCUT2D eigenvalue weighted by molar-refractivity contribution is 7.95. The number of ether oxygens (including phenoxy) is 12. The third-order valence-electron chi connectivity index (χ3n) is 10.6. The minimum absolute atomic E-state index is 0.427. The quantitative estimate of drug-likeness (QED) is 0.0690. The minimum atomic E-state index is -4.09. The molecule has 0 aliphatic heterocycles. The summed E-state index contributed by atoms with van der Waals surface area (Å²) in [7, 11) is 11.0. The average molecular weight is 899 g/mol. The first kappa shape index (κ1) is 46.0. The molecular weight excluding hydrogens is 844 g/mol. The van der Waals surface area contributed by atoms with Crippen LogP contribution in [0.5, 0.6) is 69.0 Å². The van der Waals surface area contributed by atoms with Gasteiger partial charge < -0.3 is 56.8 Å². The highest BCUT2D eigenvalue weighted by atomic mass is 31.2. The molecule has 15 heteroatoms. The Kier molecular flexibility index (Phi) is 14.7. The zero-order chi connectivity index (χ0) is 45.3. The molecule has 0 atom stereocenters. The standard InChI is InChI=1S/C48H54NO12P2/c1-50-31-19-13-20-32(51-2)43(31)62(44-33(52-3)21-14-22-34(44)53-4,45-35(54-5)23-15-24-36(45)55-6)49-63(46-37(56-7)25-16-26-38(46)57-8,47-39(58-9)27-17-28-40(47)59-10)48-41(60-11)29-18-30-42(48)61-12/h13-30H,1-12H3/q+1. The molecule has 0 amide bonds. The van der Waals surface area contributed by atoms with E-state index in [1.54, 1.807) is 85.3 Å². The fourth-order valence-electron chi connectivity index (χ4n) is 8.04. The molecule has 0 saturated carbocycles. The summed E-state index contributed by atoms with van der Waals surface area (Å²) < 4.78 is 83.8. The van der Waals surface area contributed by atoms with Crippen LogP contribution in [-0.2, 0) is 0 Å². The second-order valence-corrected chi connectivity index (χ2v) is 19.4. The average Bonchev–Trinajstić information content (AvgIpc) is 3.35. The maximum absolute atomic E-state index is 6.73. The summed E-state index contributed by atoms with van der Waals surface area (Å²) in [5.41, 5.74) is 0. The van der Waals surface area contributed by atoms with Crippen molar-refractivity contribution in [3.63, 3.8) is 0 Å². The van der Waals surface area contributed by atoms with Crippen LogP contribution in [0.2, 0.25) is 0 Å². The van der Waals surface area contributed by atoms with Gasteiger partial charge in [-0.15, -0.1) is 4.17 Å². The van der Waals surface area contributed by atoms with Gasteiger partial charge in [-0.05, 0) is 72.8 Å². The van der Waals surface area contributed by atoms with E-state index in [4.69, 9.17) is 61.0 Å². The van der Waals surface area contributed by atoms with Crippen molar-refractivity contribution in [1.82, 2.24) is 4.17 Å². The lowest BCUT2D eigenvalue weighted by Crippen LogP contribution is -2.36. The van der Waals surface area contributed by atoms with E-state index >= 15 is 0 Å². The van der Waals surface area contributed by atoms with Crippen LogP contribution in [0, 0.1) is 0 Å². The van der Waals surface area contributed by atoms with Crippen molar-refractivity contribution < 1.29 is 56.8 Å². The molecule has 6 aromatic rings. The normalized spacial score (nSPS) is 11.1. The van der Waals surface area contributed by atoms with E-state index in [0.29, 0.717) is 101 Å². The van der Waals surface area contributed by atoms with E-state index in [1.165, 1.54) is 0 Å². The van der Waals surface area contributed by atoms with Crippen LogP contribution in [-0.4, -0.2) is 85.3 Å². The molecule has 332 valence electrons. The molecule has 0 spiro atoms. The van der Waals surface area contributed by atoms with Crippen LogP contribution in [0.15, 0.2) is 109 Å². The van der Waals surface area contributed by atoms with Gasteiger partial charge in [0.1, 0.15) is 101 Å². The number of methoxy groups -OCH3 is 12. The predicted octanol–water partition coefficient (Wildman–Crippen LogP) is 6.51. The van der Waals surface area contributed by atoms with E-state index in [-0.39, 0.29) is 0 Å². The zero-order valence-corrected chi connectivity index (χ0v) is 39.4. The summed E-state index contributed by atoms with van der Waals surface area (Å²) in [6.45, 7) is 0. The maximum Gasteiger partial charge on any atom is 0.323 e. The van der Waals surface area contributed by atoms with Crippen molar-refractivity contribution in [2.75, 3.05) is 85.3 Å². The largest absolute Gasteiger partial charge is 0.496 e. The van der Waals surface area contributed by atoms with Crippen molar-refractivity contribution in [3.8, 4) is 69.0 Å². The summed E-state index contributed by atoms with van der Waals surface area (Å²) in [4.78, 5) is 0. The number of hydrogen-bond donors (Lipinski definition) is 0. The monoisotopic (exact) mass is 898 g/mol. The van der Waals surface area contributed by atoms with Gasteiger partial charge in [-0.1, -0.05) is 36.4 Å². The van der Waals surface area contributed by atoms with Crippen LogP contribution >= 0.6 is 14.1 Å². The second-order valence-electron chi connectivity index (χ2n) is 13.4. The van der Waals surface area contributed by atoms with Gasteiger partial charge in [0.25, 0.3) is 0 Å². The van der Waals surface area contributed by atoms with E-state index in [9.17, 15) is 0 Å². The Balaban J connectivity index is 2.43. The molecule has 0 unspecified atom stereocenters. The summed E-state index contributed by atoms with van der Waals surface area (Å²) in [6, 6.07) is 33.5. The second kappa shape index (κ2) is 20.1. The Bertz CT molecular complexity index is 2120. The lowest BCUT2D eigenvalue weighted by molar-refractivity contribution is 0.397. The van der Waals surface area contributed by atoms with Gasteiger partial charge in [-0.25, -0.2) is 0 Å². The molecule has 6 aromatic carbocycles. The van der Waals surface area contributed by atoms with Crippen LogP contribution in [0.25, 0.3) is 0 Å². The van der Waals surface area contributed by atoms with Crippen molar-refractivity contribution in [3.05, 3.63) is 109 Å². The third kappa shape index (κ3) is 7.71. The first-order valence-electron chi connectivity index (χ1n) is 19.6. The molecule has 0 aliphatic carbocycles. The van der Waals surface area contributed by atoms with Crippen LogP contribution in [0.1, 0.15) is 0 Å². The molecule has 0 radical (unpaired) electrons. The Morgan fingerprint density at radius 3 is 0.429 bits per heavy atom. The summed E-state index contributed by atoms with van der Waals surface area (Å²) >= 11 is 0. The van der Waals surface area contributed by atoms with Gasteiger partial charge in [-0.2, -0.15) is 0 Å². The highest BCUT2D eigenvalue weighted by Crippen LogP contribution is 2.62. The Labute approximate surface area is 369 Å². The fraction of sp³-hybridized carbons (Fsp3) is 0.250. The molecule has 63 heavy (non-hydrogen) atoms. The van der Waals surface area contributed by atoms with E-state index in [1.807, 2.05) is 109 Å². The van der Waals surface area contributed by atoms with Crippen LogP contribution in [0.4, 0.5) is 0 Å². The number of hydrogen-bond acceptors (Lipinski definition) is 12. The van der Waals surface area contributed by atoms with Crippen LogP contribution in [0.3, 0.4) is 0 Å². The lowest BCUT2D eigenvalue weighted by Gasteiger charge is -2.29. The van der Waals surface area contributed by atoms with Crippen molar-refractivity contribution in [2.24, 2.45) is 0 Å². The van der Waals surface area contributed by atoms with Gasteiger partial charge in [-0.3, -0.25) is 0 Å². The van der Waals surface area contributed by atoms with Gasteiger partial charge in [0.15, 0.2) is 0 Å². The van der Waals surface area contributed by atoms with E-state index in [2.05, 4.69) is 0 Å². The summed E-state index contributed by atoms with van der Waals surface area (Å²) in [6.07, 6.45) is 0. The molecule has 0 heterocycles. The predicted molar refractivity (Wildman–Crippen MR) is 251 cm³/mol. The van der Waals surface area contributed by atoms with E-state index in [0.717, 1.165) is 0 Å². The Hall–Kier alpha value is -6.51. The Morgan fingerprint density at radius 1 is 0.222 bits per heavy atom.